The van der Waals surface area contributed by atoms with E-state index >= 15 is 0 Å². The molecule has 2 rings (SSSR count). The first-order chi connectivity index (χ1) is 8.40. The lowest BCUT2D eigenvalue weighted by Gasteiger charge is -2.16. The Morgan fingerprint density at radius 1 is 0.889 bits per heavy atom. The summed E-state index contributed by atoms with van der Waals surface area (Å²) < 4.78 is 0. The number of aryl methyl sites for hydroxylation is 2. The lowest BCUT2D eigenvalue weighted by atomic mass is 9.92. The highest BCUT2D eigenvalue weighted by atomic mass is 14.7. The number of hydrogen-bond acceptors (Lipinski definition) is 1. The molecular formula is C17H23N. The summed E-state index contributed by atoms with van der Waals surface area (Å²) in [5.74, 6) is 1.02. The Morgan fingerprint density at radius 2 is 1.56 bits per heavy atom. The van der Waals surface area contributed by atoms with Crippen LogP contribution in [0, 0.1) is 13.8 Å². The molecule has 0 aliphatic carbocycles. The van der Waals surface area contributed by atoms with Crippen LogP contribution in [0.1, 0.15) is 61.9 Å². The van der Waals surface area contributed by atoms with Gasteiger partial charge in [0.15, 0.2) is 0 Å². The fourth-order valence-electron chi connectivity index (χ4n) is 2.56. The Balaban J connectivity index is 2.85. The van der Waals surface area contributed by atoms with Crippen molar-refractivity contribution in [3.63, 3.8) is 0 Å². The number of benzene rings is 1. The Kier molecular flexibility index (Phi) is 3.43. The van der Waals surface area contributed by atoms with Crippen LogP contribution in [0.2, 0.25) is 0 Å². The van der Waals surface area contributed by atoms with Crippen molar-refractivity contribution >= 4 is 10.9 Å². The first-order valence-electron chi connectivity index (χ1n) is 6.82. The molecule has 0 fully saturated rings. The summed E-state index contributed by atoms with van der Waals surface area (Å²) in [7, 11) is 0. The molecule has 1 aromatic carbocycles. The third-order valence-corrected chi connectivity index (χ3v) is 3.51. The molecule has 1 nitrogen and oxygen atoms in total. The summed E-state index contributed by atoms with van der Waals surface area (Å²) in [6, 6.07) is 6.75. The van der Waals surface area contributed by atoms with Crippen LogP contribution in [-0.4, -0.2) is 4.98 Å². The number of rotatable bonds is 2. The third-order valence-electron chi connectivity index (χ3n) is 3.51. The van der Waals surface area contributed by atoms with Gasteiger partial charge in [-0.15, -0.1) is 0 Å². The van der Waals surface area contributed by atoms with Gasteiger partial charge in [0.25, 0.3) is 0 Å². The minimum absolute atomic E-state index is 0.479. The molecule has 1 heteroatoms. The smallest absolute Gasteiger partial charge is 0.0713 e. The lowest BCUT2D eigenvalue weighted by Crippen LogP contribution is -2.00. The molecule has 0 aliphatic rings. The quantitative estimate of drug-likeness (QED) is 0.713. The maximum absolute atomic E-state index is 4.84. The van der Waals surface area contributed by atoms with Gasteiger partial charge in [-0.2, -0.15) is 0 Å². The van der Waals surface area contributed by atoms with Gasteiger partial charge in [-0.1, -0.05) is 33.8 Å². The SMILES string of the molecule is Cc1cc(C)c2c(C(C)C)cc(C(C)C)nc2c1. The van der Waals surface area contributed by atoms with Crippen LogP contribution >= 0.6 is 0 Å². The van der Waals surface area contributed by atoms with E-state index in [0.717, 1.165) is 5.52 Å². The predicted octanol–water partition coefficient (Wildman–Crippen LogP) is 5.10. The van der Waals surface area contributed by atoms with Crippen molar-refractivity contribution in [3.8, 4) is 0 Å². The second-order valence-electron chi connectivity index (χ2n) is 5.92. The highest BCUT2D eigenvalue weighted by molar-refractivity contribution is 5.87. The number of aromatic nitrogens is 1. The Hall–Kier alpha value is -1.37. The molecule has 0 saturated heterocycles. The molecular weight excluding hydrogens is 218 g/mol. The zero-order valence-corrected chi connectivity index (χ0v) is 12.3. The molecule has 2 aromatic rings. The van der Waals surface area contributed by atoms with Crippen molar-refractivity contribution in [2.45, 2.75) is 53.4 Å². The Bertz CT molecular complexity index is 580. The third kappa shape index (κ3) is 2.27. The Morgan fingerprint density at radius 3 is 2.11 bits per heavy atom. The lowest BCUT2D eigenvalue weighted by molar-refractivity contribution is 0.810. The first-order valence-corrected chi connectivity index (χ1v) is 6.82. The van der Waals surface area contributed by atoms with E-state index in [1.807, 2.05) is 0 Å². The van der Waals surface area contributed by atoms with Crippen LogP contribution in [0.3, 0.4) is 0 Å². The summed E-state index contributed by atoms with van der Waals surface area (Å²) in [6.45, 7) is 13.3. The predicted molar refractivity (Wildman–Crippen MR) is 79.4 cm³/mol. The topological polar surface area (TPSA) is 12.9 Å². The van der Waals surface area contributed by atoms with Gasteiger partial charge in [0.05, 0.1) is 5.52 Å². The molecule has 0 unspecified atom stereocenters. The summed E-state index contributed by atoms with van der Waals surface area (Å²) >= 11 is 0. The van der Waals surface area contributed by atoms with Crippen molar-refractivity contribution in [1.29, 1.82) is 0 Å². The largest absolute Gasteiger partial charge is 0.253 e. The standard InChI is InChI=1S/C17H23N/c1-10(2)14-9-15(11(3)4)18-16-8-12(5)7-13(6)17(14)16/h7-11H,1-6H3. The van der Waals surface area contributed by atoms with E-state index < -0.39 is 0 Å². The van der Waals surface area contributed by atoms with Crippen molar-refractivity contribution < 1.29 is 0 Å². The van der Waals surface area contributed by atoms with Crippen molar-refractivity contribution in [3.05, 3.63) is 40.6 Å². The van der Waals surface area contributed by atoms with E-state index in [2.05, 4.69) is 59.7 Å². The highest BCUT2D eigenvalue weighted by Gasteiger charge is 2.13. The van der Waals surface area contributed by atoms with Gasteiger partial charge in [0.1, 0.15) is 0 Å². The number of hydrogen-bond donors (Lipinski definition) is 0. The second-order valence-corrected chi connectivity index (χ2v) is 5.92. The van der Waals surface area contributed by atoms with Gasteiger partial charge in [0.2, 0.25) is 0 Å². The maximum Gasteiger partial charge on any atom is 0.0713 e. The average Bonchev–Trinajstić information content (AvgIpc) is 2.26. The van der Waals surface area contributed by atoms with Crippen LogP contribution in [-0.2, 0) is 0 Å². The Labute approximate surface area is 110 Å². The van der Waals surface area contributed by atoms with Crippen molar-refractivity contribution in [1.82, 2.24) is 4.98 Å². The molecule has 0 saturated carbocycles. The summed E-state index contributed by atoms with van der Waals surface area (Å²) in [6.07, 6.45) is 0. The fourth-order valence-corrected chi connectivity index (χ4v) is 2.56. The van der Waals surface area contributed by atoms with E-state index in [1.54, 1.807) is 0 Å². The van der Waals surface area contributed by atoms with Crippen LogP contribution in [0.25, 0.3) is 10.9 Å². The van der Waals surface area contributed by atoms with Crippen molar-refractivity contribution in [2.24, 2.45) is 0 Å². The fraction of sp³-hybridized carbons (Fsp3) is 0.471. The minimum Gasteiger partial charge on any atom is -0.253 e. The zero-order chi connectivity index (χ0) is 13.4. The van der Waals surface area contributed by atoms with Gasteiger partial charge in [-0.05, 0) is 54.5 Å². The highest BCUT2D eigenvalue weighted by Crippen LogP contribution is 2.30. The van der Waals surface area contributed by atoms with Crippen LogP contribution in [0.15, 0.2) is 18.2 Å². The number of pyridine rings is 1. The molecule has 18 heavy (non-hydrogen) atoms. The van der Waals surface area contributed by atoms with Crippen LogP contribution in [0.5, 0.6) is 0 Å². The van der Waals surface area contributed by atoms with Crippen LogP contribution < -0.4 is 0 Å². The molecule has 0 spiro atoms. The van der Waals surface area contributed by atoms with E-state index in [1.165, 1.54) is 27.8 Å². The molecule has 0 radical (unpaired) electrons. The van der Waals surface area contributed by atoms with Gasteiger partial charge < -0.3 is 0 Å². The number of fused-ring (bicyclic) bond motifs is 1. The van der Waals surface area contributed by atoms with E-state index in [0.29, 0.717) is 11.8 Å². The normalized spacial score (nSPS) is 11.8. The molecule has 96 valence electrons. The summed E-state index contributed by atoms with van der Waals surface area (Å²) in [5, 5.41) is 1.35. The minimum atomic E-state index is 0.479. The van der Waals surface area contributed by atoms with Gasteiger partial charge in [0, 0.05) is 11.1 Å². The van der Waals surface area contributed by atoms with E-state index in [4.69, 9.17) is 4.98 Å². The summed E-state index contributed by atoms with van der Waals surface area (Å²) in [5.41, 5.74) is 6.43. The zero-order valence-electron chi connectivity index (χ0n) is 12.3. The molecule has 1 aromatic heterocycles. The monoisotopic (exact) mass is 241 g/mol. The van der Waals surface area contributed by atoms with Gasteiger partial charge >= 0.3 is 0 Å². The van der Waals surface area contributed by atoms with Gasteiger partial charge in [-0.3, -0.25) is 4.98 Å². The average molecular weight is 241 g/mol. The molecule has 0 bridgehead atoms. The molecule has 0 N–H and O–H groups in total. The van der Waals surface area contributed by atoms with Crippen molar-refractivity contribution in [2.75, 3.05) is 0 Å². The molecule has 0 atom stereocenters. The second kappa shape index (κ2) is 4.72. The molecule has 0 aliphatic heterocycles. The number of nitrogens with zero attached hydrogens (tertiary/aromatic N) is 1. The molecule has 1 heterocycles. The summed E-state index contributed by atoms with van der Waals surface area (Å²) in [4.78, 5) is 4.84. The maximum atomic E-state index is 4.84. The van der Waals surface area contributed by atoms with Gasteiger partial charge in [-0.25, -0.2) is 0 Å². The van der Waals surface area contributed by atoms with E-state index in [9.17, 15) is 0 Å². The van der Waals surface area contributed by atoms with E-state index in [-0.39, 0.29) is 0 Å². The van der Waals surface area contributed by atoms with Crippen LogP contribution in [0.4, 0.5) is 0 Å². The molecule has 0 amide bonds. The first kappa shape index (κ1) is 13.1.